The third kappa shape index (κ3) is 3.50. The Labute approximate surface area is 119 Å². The van der Waals surface area contributed by atoms with Gasteiger partial charge in [-0.3, -0.25) is 4.79 Å². The number of hydrogen-bond donors (Lipinski definition) is 1. The summed E-state index contributed by atoms with van der Waals surface area (Å²) in [6, 6.07) is 14.1. The maximum atomic E-state index is 11.9. The average Bonchev–Trinajstić information content (AvgIpc) is 2.46. The molecule has 3 nitrogen and oxygen atoms in total. The lowest BCUT2D eigenvalue weighted by Gasteiger charge is -2.18. The van der Waals surface area contributed by atoms with Gasteiger partial charge in [0.15, 0.2) is 6.10 Å². The van der Waals surface area contributed by atoms with E-state index in [1.807, 2.05) is 50.2 Å². The molecule has 2 atom stereocenters. The first-order valence-electron chi connectivity index (χ1n) is 7.06. The predicted molar refractivity (Wildman–Crippen MR) is 81.9 cm³/mol. The second kappa shape index (κ2) is 6.42. The minimum atomic E-state index is -0.495. The molecule has 0 unspecified atom stereocenters. The zero-order valence-electron chi connectivity index (χ0n) is 12.2. The van der Waals surface area contributed by atoms with Crippen molar-refractivity contribution in [1.82, 2.24) is 5.32 Å². The Morgan fingerprint density at radius 1 is 1.15 bits per heavy atom. The summed E-state index contributed by atoms with van der Waals surface area (Å²) in [5.74, 6) is 0.642. The minimum Gasteiger partial charge on any atom is -0.481 e. The molecule has 0 saturated carbocycles. The first kappa shape index (κ1) is 14.4. The number of benzene rings is 2. The molecule has 0 aromatic heterocycles. The molecular weight excluding hydrogens is 250 g/mol. The molecule has 1 N–H and O–H groups in total. The maximum Gasteiger partial charge on any atom is 0.260 e. The van der Waals surface area contributed by atoms with Crippen LogP contribution in [0.5, 0.6) is 5.75 Å². The van der Waals surface area contributed by atoms with Gasteiger partial charge in [0.05, 0.1) is 0 Å². The van der Waals surface area contributed by atoms with Crippen LogP contribution < -0.4 is 10.1 Å². The molecule has 0 aliphatic heterocycles. The molecule has 1 amide bonds. The number of rotatable bonds is 5. The largest absolute Gasteiger partial charge is 0.481 e. The summed E-state index contributed by atoms with van der Waals surface area (Å²) >= 11 is 0. The van der Waals surface area contributed by atoms with Crippen molar-refractivity contribution in [2.45, 2.75) is 39.3 Å². The minimum absolute atomic E-state index is 0.0764. The van der Waals surface area contributed by atoms with Crippen LogP contribution in [0.2, 0.25) is 0 Å². The molecule has 0 bridgehead atoms. The van der Waals surface area contributed by atoms with Gasteiger partial charge < -0.3 is 10.1 Å². The molecule has 0 heterocycles. The van der Waals surface area contributed by atoms with Crippen LogP contribution in [0, 0.1) is 0 Å². The molecule has 0 spiro atoms. The summed E-state index contributed by atoms with van der Waals surface area (Å²) < 4.78 is 5.72. The molecule has 0 fully saturated rings. The summed E-state index contributed by atoms with van der Waals surface area (Å²) in [5, 5.41) is 5.20. The van der Waals surface area contributed by atoms with Crippen LogP contribution in [0.3, 0.4) is 0 Å². The summed E-state index contributed by atoms with van der Waals surface area (Å²) in [5.41, 5.74) is 0. The van der Waals surface area contributed by atoms with Crippen molar-refractivity contribution in [3.63, 3.8) is 0 Å². The second-order valence-electron chi connectivity index (χ2n) is 5.09. The van der Waals surface area contributed by atoms with Gasteiger partial charge in [0.25, 0.3) is 5.91 Å². The van der Waals surface area contributed by atoms with Gasteiger partial charge in [0, 0.05) is 6.04 Å². The molecule has 2 aromatic rings. The molecule has 2 aromatic carbocycles. The number of hydrogen-bond acceptors (Lipinski definition) is 2. The van der Waals surface area contributed by atoms with Crippen LogP contribution in [-0.4, -0.2) is 18.1 Å². The van der Waals surface area contributed by atoms with Crippen LogP contribution >= 0.6 is 0 Å². The Balaban J connectivity index is 2.05. The highest BCUT2D eigenvalue weighted by molar-refractivity contribution is 5.84. The number of fused-ring (bicyclic) bond motifs is 1. The number of ether oxygens (including phenoxy) is 1. The lowest BCUT2D eigenvalue weighted by molar-refractivity contribution is -0.127. The third-order valence-corrected chi connectivity index (χ3v) is 3.40. The molecular formula is C17H21NO2. The first-order chi connectivity index (χ1) is 9.60. The monoisotopic (exact) mass is 271 g/mol. The standard InChI is InChI=1S/C17H21NO2/c1-4-12(2)18-17(19)13(3)20-16-10-9-14-7-5-6-8-15(14)11-16/h5-13H,4H2,1-3H3,(H,18,19)/t12-,13-/m1/s1. The Morgan fingerprint density at radius 3 is 2.55 bits per heavy atom. The fraction of sp³-hybridized carbons (Fsp3) is 0.353. The predicted octanol–water partition coefficient (Wildman–Crippen LogP) is 3.52. The van der Waals surface area contributed by atoms with E-state index in [4.69, 9.17) is 4.74 Å². The van der Waals surface area contributed by atoms with Crippen LogP contribution in [0.1, 0.15) is 27.2 Å². The molecule has 106 valence electrons. The number of carbonyl (C=O) groups excluding carboxylic acids is 1. The topological polar surface area (TPSA) is 38.3 Å². The van der Waals surface area contributed by atoms with E-state index in [1.54, 1.807) is 6.92 Å². The Hall–Kier alpha value is -2.03. The van der Waals surface area contributed by atoms with Gasteiger partial charge >= 0.3 is 0 Å². The smallest absolute Gasteiger partial charge is 0.260 e. The lowest BCUT2D eigenvalue weighted by atomic mass is 10.1. The highest BCUT2D eigenvalue weighted by atomic mass is 16.5. The Kier molecular flexibility index (Phi) is 4.61. The van der Waals surface area contributed by atoms with Gasteiger partial charge in [0.2, 0.25) is 0 Å². The van der Waals surface area contributed by atoms with E-state index in [9.17, 15) is 4.79 Å². The van der Waals surface area contributed by atoms with E-state index < -0.39 is 6.10 Å². The summed E-state index contributed by atoms with van der Waals surface area (Å²) in [6.45, 7) is 5.80. The molecule has 0 radical (unpaired) electrons. The Bertz CT molecular complexity index is 594. The first-order valence-corrected chi connectivity index (χ1v) is 7.06. The van der Waals surface area contributed by atoms with E-state index in [0.717, 1.165) is 22.9 Å². The molecule has 0 saturated heterocycles. The lowest BCUT2D eigenvalue weighted by Crippen LogP contribution is -2.40. The normalized spacial score (nSPS) is 13.8. The van der Waals surface area contributed by atoms with Crippen LogP contribution in [0.4, 0.5) is 0 Å². The number of carbonyl (C=O) groups is 1. The van der Waals surface area contributed by atoms with Gasteiger partial charge in [-0.25, -0.2) is 0 Å². The van der Waals surface area contributed by atoms with Gasteiger partial charge in [-0.05, 0) is 43.2 Å². The Morgan fingerprint density at radius 2 is 1.85 bits per heavy atom. The van der Waals surface area contributed by atoms with E-state index in [1.165, 1.54) is 0 Å². The molecule has 3 heteroatoms. The second-order valence-corrected chi connectivity index (χ2v) is 5.09. The highest BCUT2D eigenvalue weighted by Gasteiger charge is 2.16. The highest BCUT2D eigenvalue weighted by Crippen LogP contribution is 2.21. The van der Waals surface area contributed by atoms with Crippen LogP contribution in [0.15, 0.2) is 42.5 Å². The van der Waals surface area contributed by atoms with E-state index in [0.29, 0.717) is 0 Å². The van der Waals surface area contributed by atoms with Crippen molar-refractivity contribution in [2.75, 3.05) is 0 Å². The van der Waals surface area contributed by atoms with Gasteiger partial charge in [-0.2, -0.15) is 0 Å². The van der Waals surface area contributed by atoms with Gasteiger partial charge in [0.1, 0.15) is 5.75 Å². The van der Waals surface area contributed by atoms with Crippen molar-refractivity contribution in [3.05, 3.63) is 42.5 Å². The fourth-order valence-electron chi connectivity index (χ4n) is 1.96. The zero-order valence-corrected chi connectivity index (χ0v) is 12.2. The quantitative estimate of drug-likeness (QED) is 0.903. The number of amides is 1. The average molecular weight is 271 g/mol. The summed E-state index contributed by atoms with van der Waals surface area (Å²) in [7, 11) is 0. The van der Waals surface area contributed by atoms with Crippen molar-refractivity contribution >= 4 is 16.7 Å². The summed E-state index contributed by atoms with van der Waals surface area (Å²) in [4.78, 5) is 11.9. The molecule has 2 rings (SSSR count). The van der Waals surface area contributed by atoms with Crippen molar-refractivity contribution in [1.29, 1.82) is 0 Å². The van der Waals surface area contributed by atoms with Gasteiger partial charge in [-0.15, -0.1) is 0 Å². The van der Waals surface area contributed by atoms with Crippen molar-refractivity contribution in [3.8, 4) is 5.75 Å². The SMILES string of the molecule is CC[C@@H](C)NC(=O)[C@@H](C)Oc1ccc2ccccc2c1. The summed E-state index contributed by atoms with van der Waals surface area (Å²) in [6.07, 6.45) is 0.416. The van der Waals surface area contributed by atoms with Crippen LogP contribution in [-0.2, 0) is 4.79 Å². The van der Waals surface area contributed by atoms with Crippen LogP contribution in [0.25, 0.3) is 10.8 Å². The zero-order chi connectivity index (χ0) is 14.5. The molecule has 20 heavy (non-hydrogen) atoms. The van der Waals surface area contributed by atoms with E-state index >= 15 is 0 Å². The fourth-order valence-corrected chi connectivity index (χ4v) is 1.96. The van der Waals surface area contributed by atoms with Crippen molar-refractivity contribution in [2.24, 2.45) is 0 Å². The molecule has 0 aliphatic rings. The van der Waals surface area contributed by atoms with E-state index in [2.05, 4.69) is 11.4 Å². The number of nitrogens with one attached hydrogen (secondary N) is 1. The third-order valence-electron chi connectivity index (χ3n) is 3.40. The van der Waals surface area contributed by atoms with Crippen molar-refractivity contribution < 1.29 is 9.53 Å². The molecule has 0 aliphatic carbocycles. The van der Waals surface area contributed by atoms with Gasteiger partial charge in [-0.1, -0.05) is 37.3 Å². The maximum absolute atomic E-state index is 11.9. The van der Waals surface area contributed by atoms with E-state index in [-0.39, 0.29) is 11.9 Å².